The van der Waals surface area contributed by atoms with E-state index in [4.69, 9.17) is 18.6 Å². The second-order valence-electron chi connectivity index (χ2n) is 7.71. The Morgan fingerprint density at radius 3 is 2.59 bits per heavy atom. The predicted octanol–water partition coefficient (Wildman–Crippen LogP) is 4.92. The first-order valence-electron chi connectivity index (χ1n) is 10.2. The number of furan rings is 1. The third-order valence-electron chi connectivity index (χ3n) is 5.71. The van der Waals surface area contributed by atoms with E-state index in [0.717, 1.165) is 22.5 Å². The third kappa shape index (κ3) is 3.22. The van der Waals surface area contributed by atoms with Crippen LogP contribution in [-0.4, -0.2) is 29.7 Å². The van der Waals surface area contributed by atoms with E-state index in [9.17, 15) is 9.59 Å². The molecule has 0 unspecified atom stereocenters. The van der Waals surface area contributed by atoms with Crippen molar-refractivity contribution in [2.45, 2.75) is 20.8 Å². The van der Waals surface area contributed by atoms with Gasteiger partial charge in [0.25, 0.3) is 0 Å². The highest BCUT2D eigenvalue weighted by molar-refractivity contribution is 6.01. The van der Waals surface area contributed by atoms with Crippen LogP contribution in [0.15, 0.2) is 52.9 Å². The Bertz CT molecular complexity index is 1380. The van der Waals surface area contributed by atoms with E-state index in [1.165, 1.54) is 0 Å². The molecule has 0 atom stereocenters. The van der Waals surface area contributed by atoms with Crippen molar-refractivity contribution in [1.29, 1.82) is 0 Å². The first-order valence-corrected chi connectivity index (χ1v) is 10.2. The molecule has 0 fully saturated rings. The van der Waals surface area contributed by atoms with Crippen LogP contribution in [0.4, 0.5) is 0 Å². The number of hydrogen-bond acceptors (Lipinski definition) is 6. The molecule has 3 heterocycles. The summed E-state index contributed by atoms with van der Waals surface area (Å²) in [7, 11) is 0. The number of para-hydroxylation sites is 1. The quantitative estimate of drug-likeness (QED) is 0.330. The second kappa shape index (κ2) is 7.60. The summed E-state index contributed by atoms with van der Waals surface area (Å²) in [6.07, 6.45) is 0. The highest BCUT2D eigenvalue weighted by Gasteiger charge is 2.23. The van der Waals surface area contributed by atoms with E-state index in [0.29, 0.717) is 28.2 Å². The van der Waals surface area contributed by atoms with Gasteiger partial charge in [-0.15, -0.1) is 0 Å². The molecule has 4 aromatic rings. The minimum Gasteiger partial charge on any atom is -0.454 e. The van der Waals surface area contributed by atoms with Crippen LogP contribution in [0.2, 0.25) is 0 Å². The van der Waals surface area contributed by atoms with Gasteiger partial charge in [-0.25, -0.2) is 4.79 Å². The lowest BCUT2D eigenvalue weighted by molar-refractivity contribution is 0.0445. The summed E-state index contributed by atoms with van der Waals surface area (Å²) in [5.41, 5.74) is 4.29. The van der Waals surface area contributed by atoms with Crippen LogP contribution in [0.1, 0.15) is 37.9 Å². The number of aromatic nitrogens is 1. The third-order valence-corrected chi connectivity index (χ3v) is 5.71. The molecule has 0 bridgehead atoms. The van der Waals surface area contributed by atoms with Gasteiger partial charge < -0.3 is 23.2 Å². The van der Waals surface area contributed by atoms with Crippen LogP contribution in [0.3, 0.4) is 0 Å². The Morgan fingerprint density at radius 2 is 1.78 bits per heavy atom. The molecular formula is C25H21NO6. The average molecular weight is 431 g/mol. The van der Waals surface area contributed by atoms with Gasteiger partial charge in [0.1, 0.15) is 5.58 Å². The van der Waals surface area contributed by atoms with Gasteiger partial charge in [0.2, 0.25) is 18.3 Å². The molecule has 7 heteroatoms. The fraction of sp³-hybridized carbons (Fsp3) is 0.200. The molecule has 0 saturated heterocycles. The predicted molar refractivity (Wildman–Crippen MR) is 117 cm³/mol. The first kappa shape index (κ1) is 19.9. The van der Waals surface area contributed by atoms with Crippen molar-refractivity contribution in [3.63, 3.8) is 0 Å². The van der Waals surface area contributed by atoms with Gasteiger partial charge in [-0.3, -0.25) is 4.79 Å². The van der Waals surface area contributed by atoms with Crippen molar-refractivity contribution in [3.05, 3.63) is 76.8 Å². The Labute approximate surface area is 184 Å². The number of hydrogen-bond donors (Lipinski definition) is 0. The number of ether oxygens (including phenoxy) is 3. The highest BCUT2D eigenvalue weighted by atomic mass is 16.7. The maximum absolute atomic E-state index is 12.9. The zero-order valence-corrected chi connectivity index (χ0v) is 17.9. The Kier molecular flexibility index (Phi) is 4.74. The second-order valence-corrected chi connectivity index (χ2v) is 7.71. The van der Waals surface area contributed by atoms with Gasteiger partial charge >= 0.3 is 5.97 Å². The van der Waals surface area contributed by atoms with E-state index < -0.39 is 5.97 Å². The molecule has 2 aromatic heterocycles. The van der Waals surface area contributed by atoms with Crippen LogP contribution >= 0.6 is 0 Å². The van der Waals surface area contributed by atoms with Crippen LogP contribution in [-0.2, 0) is 4.74 Å². The molecular weight excluding hydrogens is 410 g/mol. The number of nitrogens with zero attached hydrogens (tertiary/aromatic N) is 1. The van der Waals surface area contributed by atoms with Crippen molar-refractivity contribution in [3.8, 4) is 17.2 Å². The number of ketones is 1. The van der Waals surface area contributed by atoms with Gasteiger partial charge in [0.05, 0.1) is 0 Å². The number of carbonyl (C=O) groups excluding carboxylic acids is 2. The summed E-state index contributed by atoms with van der Waals surface area (Å²) in [5.74, 6) is 0.534. The van der Waals surface area contributed by atoms with Crippen molar-refractivity contribution >= 4 is 22.7 Å². The van der Waals surface area contributed by atoms with E-state index in [-0.39, 0.29) is 24.9 Å². The summed E-state index contributed by atoms with van der Waals surface area (Å²) in [5, 5.41) is 0.845. The van der Waals surface area contributed by atoms with Crippen LogP contribution in [0.25, 0.3) is 16.7 Å². The molecule has 1 aliphatic rings. The molecule has 0 saturated carbocycles. The van der Waals surface area contributed by atoms with Gasteiger partial charge in [0.15, 0.2) is 18.1 Å². The van der Waals surface area contributed by atoms with Crippen molar-refractivity contribution in [2.24, 2.45) is 0 Å². The maximum Gasteiger partial charge on any atom is 0.375 e. The fourth-order valence-corrected chi connectivity index (χ4v) is 4.11. The molecule has 0 amide bonds. The molecule has 0 aliphatic carbocycles. The van der Waals surface area contributed by atoms with E-state index in [1.54, 1.807) is 19.1 Å². The average Bonchev–Trinajstić information content (AvgIpc) is 3.47. The van der Waals surface area contributed by atoms with Crippen LogP contribution < -0.4 is 9.47 Å². The Morgan fingerprint density at radius 1 is 1.00 bits per heavy atom. The molecule has 32 heavy (non-hydrogen) atoms. The molecule has 1 aliphatic heterocycles. The summed E-state index contributed by atoms with van der Waals surface area (Å²) in [6, 6.07) is 14.8. The van der Waals surface area contributed by atoms with Crippen molar-refractivity contribution in [2.75, 3.05) is 13.4 Å². The largest absolute Gasteiger partial charge is 0.454 e. The standard InChI is InChI=1S/C25H21NO6/c1-14-10-19(16(3)26(14)17-8-9-22-23(11-17)31-13-30-22)20(27)12-29-25(28)24-15(2)18-6-4-5-7-21(18)32-24/h4-11H,12-13H2,1-3H3. The lowest BCUT2D eigenvalue weighted by atomic mass is 10.1. The van der Waals surface area contributed by atoms with E-state index in [2.05, 4.69) is 0 Å². The maximum atomic E-state index is 12.9. The summed E-state index contributed by atoms with van der Waals surface area (Å²) in [4.78, 5) is 25.4. The number of rotatable bonds is 5. The zero-order chi connectivity index (χ0) is 22.4. The van der Waals surface area contributed by atoms with Gasteiger partial charge in [-0.2, -0.15) is 0 Å². The lowest BCUT2D eigenvalue weighted by Gasteiger charge is -2.11. The number of benzene rings is 2. The molecule has 5 rings (SSSR count). The van der Waals surface area contributed by atoms with Crippen LogP contribution in [0.5, 0.6) is 11.5 Å². The molecule has 162 valence electrons. The smallest absolute Gasteiger partial charge is 0.375 e. The number of Topliss-reactive ketones (excluding diaryl/α,β-unsaturated/α-hetero) is 1. The van der Waals surface area contributed by atoms with Crippen LogP contribution in [0, 0.1) is 20.8 Å². The Balaban J connectivity index is 1.35. The van der Waals surface area contributed by atoms with Gasteiger partial charge in [0, 0.05) is 39.7 Å². The topological polar surface area (TPSA) is 79.9 Å². The van der Waals surface area contributed by atoms with Gasteiger partial charge in [-0.05, 0) is 45.0 Å². The summed E-state index contributed by atoms with van der Waals surface area (Å²) >= 11 is 0. The monoisotopic (exact) mass is 431 g/mol. The Hall–Kier alpha value is -4.00. The zero-order valence-electron chi connectivity index (χ0n) is 17.9. The number of aryl methyl sites for hydroxylation is 2. The molecule has 2 aromatic carbocycles. The SMILES string of the molecule is Cc1c(C(=O)OCC(=O)c2cc(C)n(-c3ccc4c(c3)OCO4)c2C)oc2ccccc12. The van der Waals surface area contributed by atoms with Crippen molar-refractivity contribution < 1.29 is 28.2 Å². The van der Waals surface area contributed by atoms with Crippen molar-refractivity contribution in [1.82, 2.24) is 4.57 Å². The minimum absolute atomic E-state index is 0.116. The molecule has 0 radical (unpaired) electrons. The molecule has 0 spiro atoms. The fourth-order valence-electron chi connectivity index (χ4n) is 4.11. The van der Waals surface area contributed by atoms with E-state index in [1.807, 2.05) is 54.8 Å². The van der Waals surface area contributed by atoms with Gasteiger partial charge in [-0.1, -0.05) is 18.2 Å². The molecule has 0 N–H and O–H groups in total. The normalized spacial score (nSPS) is 12.3. The van der Waals surface area contributed by atoms with E-state index >= 15 is 0 Å². The minimum atomic E-state index is -0.656. The number of carbonyl (C=O) groups is 2. The number of fused-ring (bicyclic) bond motifs is 2. The summed E-state index contributed by atoms with van der Waals surface area (Å²) < 4.78 is 23.7. The lowest BCUT2D eigenvalue weighted by Crippen LogP contribution is -2.15. The highest BCUT2D eigenvalue weighted by Crippen LogP contribution is 2.35. The first-order chi connectivity index (χ1) is 15.4. The number of esters is 1. The summed E-state index contributed by atoms with van der Waals surface area (Å²) in [6.45, 7) is 5.39. The molecule has 7 nitrogen and oxygen atoms in total.